The fraction of sp³-hybridized carbons (Fsp3) is 0.586. The zero-order chi connectivity index (χ0) is 25.4. The van der Waals surface area contributed by atoms with Gasteiger partial charge in [-0.25, -0.2) is 4.99 Å². The molecule has 35 heavy (non-hydrogen) atoms. The van der Waals surface area contributed by atoms with Crippen molar-refractivity contribution in [2.45, 2.75) is 54.0 Å². The van der Waals surface area contributed by atoms with Crippen molar-refractivity contribution in [3.63, 3.8) is 0 Å². The maximum absolute atomic E-state index is 4.75. The van der Waals surface area contributed by atoms with E-state index >= 15 is 0 Å². The Hall–Kier alpha value is -2.60. The summed E-state index contributed by atoms with van der Waals surface area (Å²) >= 11 is 0. The molecule has 0 spiro atoms. The molecule has 0 bridgehead atoms. The Morgan fingerprint density at radius 2 is 1.51 bits per heavy atom. The van der Waals surface area contributed by atoms with Gasteiger partial charge in [-0.05, 0) is 51.3 Å². The second kappa shape index (κ2) is 12.9. The van der Waals surface area contributed by atoms with Gasteiger partial charge in [0.25, 0.3) is 0 Å². The fourth-order valence-corrected chi connectivity index (χ4v) is 4.98. The number of aliphatic imine (C=N–C) groups is 2. The first kappa shape index (κ1) is 27.0. The molecule has 0 aliphatic carbocycles. The topological polar surface area (TPSA) is 37.7 Å². The molecule has 192 valence electrons. The Kier molecular flexibility index (Phi) is 9.96. The van der Waals surface area contributed by atoms with Crippen molar-refractivity contribution in [3.05, 3.63) is 53.9 Å². The Balaban J connectivity index is 1.58. The normalized spacial score (nSPS) is 17.5. The SMILES string of the molecule is C=C(N=C(C)C)N1CCN(C(=C)c2cc(CN3CCN(C(CCC)=NCC)CC3)ccc2C)CC1. The summed E-state index contributed by atoms with van der Waals surface area (Å²) in [6.45, 7) is 29.2. The first-order valence-electron chi connectivity index (χ1n) is 13.3. The Morgan fingerprint density at radius 1 is 0.886 bits per heavy atom. The zero-order valence-electron chi connectivity index (χ0n) is 22.8. The minimum Gasteiger partial charge on any atom is -0.368 e. The van der Waals surface area contributed by atoms with Crippen LogP contribution in [0.15, 0.2) is 47.2 Å². The summed E-state index contributed by atoms with van der Waals surface area (Å²) in [5.74, 6) is 2.17. The van der Waals surface area contributed by atoms with E-state index in [0.717, 1.165) is 95.5 Å². The highest BCUT2D eigenvalue weighted by Gasteiger charge is 2.22. The third kappa shape index (κ3) is 7.44. The fourth-order valence-electron chi connectivity index (χ4n) is 4.98. The molecular weight excluding hydrogens is 432 g/mol. The highest BCUT2D eigenvalue weighted by molar-refractivity contribution is 5.82. The minimum atomic E-state index is 0.872. The van der Waals surface area contributed by atoms with Crippen LogP contribution in [0, 0.1) is 6.92 Å². The molecule has 0 saturated carbocycles. The number of hydrogen-bond donors (Lipinski definition) is 0. The van der Waals surface area contributed by atoms with Crippen LogP contribution < -0.4 is 0 Å². The number of aryl methyl sites for hydroxylation is 1. The van der Waals surface area contributed by atoms with Crippen molar-refractivity contribution in [2.75, 3.05) is 58.9 Å². The van der Waals surface area contributed by atoms with E-state index in [9.17, 15) is 0 Å². The summed E-state index contributed by atoms with van der Waals surface area (Å²) in [6, 6.07) is 6.91. The zero-order valence-corrected chi connectivity index (χ0v) is 22.8. The third-order valence-electron chi connectivity index (χ3n) is 6.95. The lowest BCUT2D eigenvalue weighted by Gasteiger charge is -2.38. The molecule has 1 aromatic carbocycles. The van der Waals surface area contributed by atoms with Gasteiger partial charge in [-0.15, -0.1) is 0 Å². The largest absolute Gasteiger partial charge is 0.368 e. The molecule has 0 unspecified atom stereocenters. The molecular formula is C29H46N6. The Labute approximate surface area is 213 Å². The van der Waals surface area contributed by atoms with Gasteiger partial charge in [-0.1, -0.05) is 32.2 Å². The molecule has 6 heteroatoms. The summed E-state index contributed by atoms with van der Waals surface area (Å²) in [4.78, 5) is 19.0. The van der Waals surface area contributed by atoms with Gasteiger partial charge in [-0.2, -0.15) is 0 Å². The molecule has 0 amide bonds. The quantitative estimate of drug-likeness (QED) is 0.375. The highest BCUT2D eigenvalue weighted by atomic mass is 15.3. The molecule has 6 nitrogen and oxygen atoms in total. The van der Waals surface area contributed by atoms with Crippen LogP contribution in [0.25, 0.3) is 5.70 Å². The first-order valence-corrected chi connectivity index (χ1v) is 13.3. The lowest BCUT2D eigenvalue weighted by atomic mass is 10.0. The van der Waals surface area contributed by atoms with Crippen molar-refractivity contribution < 1.29 is 0 Å². The Bertz CT molecular complexity index is 926. The van der Waals surface area contributed by atoms with Crippen LogP contribution in [0.4, 0.5) is 0 Å². The molecule has 2 fully saturated rings. The van der Waals surface area contributed by atoms with Gasteiger partial charge in [0, 0.05) is 88.8 Å². The second-order valence-corrected chi connectivity index (χ2v) is 9.95. The van der Waals surface area contributed by atoms with Crippen LogP contribution in [0.3, 0.4) is 0 Å². The lowest BCUT2D eigenvalue weighted by molar-refractivity contribution is 0.173. The van der Waals surface area contributed by atoms with Gasteiger partial charge in [0.1, 0.15) is 5.82 Å². The first-order chi connectivity index (χ1) is 16.8. The standard InChI is InChI=1S/C29H46N6/c1-8-10-29(30-9-2)35-15-13-32(14-16-35)22-27-12-11-24(5)28(21-27)25(6)33-17-19-34(20-18-33)26(7)31-23(3)4/h11-12,21H,6-10,13-20,22H2,1-5H3. The summed E-state index contributed by atoms with van der Waals surface area (Å²) in [5, 5.41) is 0. The average molecular weight is 479 g/mol. The maximum atomic E-state index is 4.75. The molecule has 2 saturated heterocycles. The van der Waals surface area contributed by atoms with Gasteiger partial charge in [0.2, 0.25) is 0 Å². The lowest BCUT2D eigenvalue weighted by Crippen LogP contribution is -2.48. The van der Waals surface area contributed by atoms with Gasteiger partial charge in [-0.3, -0.25) is 9.89 Å². The minimum absolute atomic E-state index is 0.872. The molecule has 3 rings (SSSR count). The summed E-state index contributed by atoms with van der Waals surface area (Å²) < 4.78 is 0. The predicted molar refractivity (Wildman–Crippen MR) is 151 cm³/mol. The van der Waals surface area contributed by atoms with Crippen molar-refractivity contribution in [1.82, 2.24) is 19.6 Å². The number of benzene rings is 1. The Morgan fingerprint density at radius 3 is 2.11 bits per heavy atom. The monoisotopic (exact) mass is 478 g/mol. The van der Waals surface area contributed by atoms with Crippen LogP contribution in [-0.4, -0.2) is 90.0 Å². The van der Waals surface area contributed by atoms with E-state index in [0.29, 0.717) is 0 Å². The van der Waals surface area contributed by atoms with Gasteiger partial charge in [0.05, 0.1) is 5.84 Å². The molecule has 0 atom stereocenters. The molecule has 2 aliphatic heterocycles. The van der Waals surface area contributed by atoms with E-state index in [1.54, 1.807) is 0 Å². The van der Waals surface area contributed by atoms with Gasteiger partial charge < -0.3 is 14.7 Å². The number of piperazine rings is 2. The average Bonchev–Trinajstić information content (AvgIpc) is 2.85. The maximum Gasteiger partial charge on any atom is 0.121 e. The van der Waals surface area contributed by atoms with E-state index in [2.05, 4.69) is 76.7 Å². The van der Waals surface area contributed by atoms with Crippen LogP contribution in [-0.2, 0) is 6.54 Å². The third-order valence-corrected chi connectivity index (χ3v) is 6.95. The molecule has 0 aromatic heterocycles. The van der Waals surface area contributed by atoms with Crippen LogP contribution in [0.5, 0.6) is 0 Å². The van der Waals surface area contributed by atoms with Crippen molar-refractivity contribution in [3.8, 4) is 0 Å². The number of hydrogen-bond acceptors (Lipinski definition) is 5. The molecule has 1 aromatic rings. The van der Waals surface area contributed by atoms with E-state index in [4.69, 9.17) is 4.99 Å². The van der Waals surface area contributed by atoms with Gasteiger partial charge in [0.15, 0.2) is 0 Å². The number of rotatable bonds is 9. The van der Waals surface area contributed by atoms with Crippen molar-refractivity contribution in [1.29, 1.82) is 0 Å². The summed E-state index contributed by atoms with van der Waals surface area (Å²) in [7, 11) is 0. The number of nitrogens with zero attached hydrogens (tertiary/aromatic N) is 6. The van der Waals surface area contributed by atoms with Crippen LogP contribution in [0.2, 0.25) is 0 Å². The van der Waals surface area contributed by atoms with Gasteiger partial charge >= 0.3 is 0 Å². The molecule has 0 N–H and O–H groups in total. The van der Waals surface area contributed by atoms with E-state index in [-0.39, 0.29) is 0 Å². The highest BCUT2D eigenvalue weighted by Crippen LogP contribution is 2.25. The smallest absolute Gasteiger partial charge is 0.121 e. The molecule has 0 radical (unpaired) electrons. The van der Waals surface area contributed by atoms with Crippen LogP contribution in [0.1, 0.15) is 57.2 Å². The van der Waals surface area contributed by atoms with Crippen LogP contribution >= 0.6 is 0 Å². The molecule has 2 aliphatic rings. The number of amidine groups is 1. The predicted octanol–water partition coefficient (Wildman–Crippen LogP) is 4.87. The summed E-state index contributed by atoms with van der Waals surface area (Å²) in [5.41, 5.74) is 6.12. The second-order valence-electron chi connectivity index (χ2n) is 9.95. The van der Waals surface area contributed by atoms with E-state index in [1.165, 1.54) is 22.5 Å². The van der Waals surface area contributed by atoms with E-state index in [1.807, 2.05) is 13.8 Å². The van der Waals surface area contributed by atoms with E-state index < -0.39 is 0 Å². The van der Waals surface area contributed by atoms with Crippen molar-refractivity contribution in [2.24, 2.45) is 9.98 Å². The van der Waals surface area contributed by atoms with Crippen molar-refractivity contribution >= 4 is 17.2 Å². The summed E-state index contributed by atoms with van der Waals surface area (Å²) in [6.07, 6.45) is 2.25. The molecule has 2 heterocycles.